The second kappa shape index (κ2) is 11.0. The van der Waals surface area contributed by atoms with Crippen molar-refractivity contribution in [1.82, 2.24) is 9.97 Å². The van der Waals surface area contributed by atoms with Gasteiger partial charge in [0.05, 0.1) is 5.69 Å². The molecule has 3 nitrogen and oxygen atoms in total. The molecule has 0 fully saturated rings. The summed E-state index contributed by atoms with van der Waals surface area (Å²) in [4.78, 5) is 22.0. The first-order chi connectivity index (χ1) is 15.5. The van der Waals surface area contributed by atoms with E-state index in [9.17, 15) is 4.79 Å². The van der Waals surface area contributed by atoms with Crippen LogP contribution in [0.1, 0.15) is 73.4 Å². The standard InChI is InChI=1S/C29H34N2O/c1-6-9-14-23-18-24(17-16-22(23)8-3)28-27(25(19-32)12-7-2)21(5)30-29(31-28)26-15-11-10-13-20(26)4/h8,10-11,13,15-19,25H,3,6-7,9,12,14H2,1-2,4-5H3. The number of carbonyl (C=O) groups is 1. The fourth-order valence-corrected chi connectivity index (χ4v) is 4.32. The maximum absolute atomic E-state index is 12.1. The predicted molar refractivity (Wildman–Crippen MR) is 135 cm³/mol. The van der Waals surface area contributed by atoms with Crippen LogP contribution in [0.15, 0.2) is 49.0 Å². The Morgan fingerprint density at radius 2 is 1.81 bits per heavy atom. The van der Waals surface area contributed by atoms with Crippen LogP contribution < -0.4 is 0 Å². The fraction of sp³-hybridized carbons (Fsp3) is 0.345. The van der Waals surface area contributed by atoms with Crippen LogP contribution in [0.25, 0.3) is 28.7 Å². The highest BCUT2D eigenvalue weighted by Gasteiger charge is 2.22. The Labute approximate surface area is 192 Å². The molecule has 1 aromatic heterocycles. The zero-order valence-electron chi connectivity index (χ0n) is 19.8. The van der Waals surface area contributed by atoms with Crippen molar-refractivity contribution in [2.75, 3.05) is 0 Å². The van der Waals surface area contributed by atoms with Crippen LogP contribution in [0.3, 0.4) is 0 Å². The quantitative estimate of drug-likeness (QED) is 0.315. The lowest BCUT2D eigenvalue weighted by Crippen LogP contribution is -2.10. The molecule has 32 heavy (non-hydrogen) atoms. The average molecular weight is 427 g/mol. The Morgan fingerprint density at radius 1 is 1.03 bits per heavy atom. The number of carbonyl (C=O) groups excluding carboxylic acids is 1. The lowest BCUT2D eigenvalue weighted by atomic mass is 9.89. The highest BCUT2D eigenvalue weighted by atomic mass is 16.1. The molecule has 1 atom stereocenters. The molecule has 2 aromatic carbocycles. The predicted octanol–water partition coefficient (Wildman–Crippen LogP) is 7.50. The first-order valence-corrected chi connectivity index (χ1v) is 11.7. The van der Waals surface area contributed by atoms with Gasteiger partial charge in [0.2, 0.25) is 0 Å². The Hall–Kier alpha value is -3.07. The van der Waals surface area contributed by atoms with E-state index in [1.165, 1.54) is 5.56 Å². The molecule has 0 saturated heterocycles. The monoisotopic (exact) mass is 426 g/mol. The molecule has 0 radical (unpaired) electrons. The van der Waals surface area contributed by atoms with Gasteiger partial charge in [-0.1, -0.05) is 75.7 Å². The van der Waals surface area contributed by atoms with Crippen molar-refractivity contribution in [2.45, 2.75) is 65.7 Å². The van der Waals surface area contributed by atoms with Crippen LogP contribution in [-0.4, -0.2) is 16.3 Å². The van der Waals surface area contributed by atoms with Gasteiger partial charge in [0.1, 0.15) is 6.29 Å². The van der Waals surface area contributed by atoms with Crippen LogP contribution in [0.4, 0.5) is 0 Å². The van der Waals surface area contributed by atoms with Gasteiger partial charge >= 0.3 is 0 Å². The van der Waals surface area contributed by atoms with E-state index in [4.69, 9.17) is 9.97 Å². The highest BCUT2D eigenvalue weighted by molar-refractivity contribution is 5.76. The molecule has 0 saturated carbocycles. The lowest BCUT2D eigenvalue weighted by molar-refractivity contribution is -0.109. The second-order valence-corrected chi connectivity index (χ2v) is 8.46. The SMILES string of the molecule is C=Cc1ccc(-c2nc(-c3ccccc3C)nc(C)c2C(C=O)CCC)cc1CCCC. The van der Waals surface area contributed by atoms with Gasteiger partial charge in [0.15, 0.2) is 5.82 Å². The molecular weight excluding hydrogens is 392 g/mol. The minimum absolute atomic E-state index is 0.209. The number of aryl methyl sites for hydroxylation is 3. The van der Waals surface area contributed by atoms with E-state index in [2.05, 4.69) is 57.7 Å². The number of aromatic nitrogens is 2. The Balaban J connectivity index is 2.27. The van der Waals surface area contributed by atoms with Crippen molar-refractivity contribution in [3.8, 4) is 22.6 Å². The number of aldehydes is 1. The first-order valence-electron chi connectivity index (χ1n) is 11.7. The maximum Gasteiger partial charge on any atom is 0.160 e. The van der Waals surface area contributed by atoms with E-state index in [-0.39, 0.29) is 5.92 Å². The molecule has 3 aromatic rings. The molecule has 3 heteroatoms. The first kappa shape index (κ1) is 23.6. The summed E-state index contributed by atoms with van der Waals surface area (Å²) in [7, 11) is 0. The molecule has 0 N–H and O–H groups in total. The van der Waals surface area contributed by atoms with E-state index in [0.29, 0.717) is 5.82 Å². The molecule has 166 valence electrons. The van der Waals surface area contributed by atoms with E-state index in [1.807, 2.05) is 25.1 Å². The third-order valence-electron chi connectivity index (χ3n) is 6.09. The van der Waals surface area contributed by atoms with Gasteiger partial charge in [-0.25, -0.2) is 9.97 Å². The maximum atomic E-state index is 12.1. The molecule has 0 bridgehead atoms. The number of unbranched alkanes of at least 4 members (excludes halogenated alkanes) is 1. The van der Waals surface area contributed by atoms with E-state index < -0.39 is 0 Å². The zero-order chi connectivity index (χ0) is 23.1. The summed E-state index contributed by atoms with van der Waals surface area (Å²) in [5.74, 6) is 0.502. The number of benzene rings is 2. The van der Waals surface area contributed by atoms with Crippen LogP contribution in [0.5, 0.6) is 0 Å². The van der Waals surface area contributed by atoms with Gasteiger partial charge in [-0.15, -0.1) is 0 Å². The molecular formula is C29H34N2O. The number of hydrogen-bond acceptors (Lipinski definition) is 3. The van der Waals surface area contributed by atoms with E-state index in [1.54, 1.807) is 0 Å². The van der Waals surface area contributed by atoms with Crippen molar-refractivity contribution in [1.29, 1.82) is 0 Å². The van der Waals surface area contributed by atoms with Crippen LogP contribution in [0, 0.1) is 13.8 Å². The molecule has 0 aliphatic carbocycles. The van der Waals surface area contributed by atoms with Crippen molar-refractivity contribution in [3.05, 3.63) is 77.0 Å². The molecule has 3 rings (SSSR count). The van der Waals surface area contributed by atoms with Gasteiger partial charge in [0, 0.05) is 28.3 Å². The van der Waals surface area contributed by atoms with Gasteiger partial charge in [-0.3, -0.25) is 0 Å². The minimum atomic E-state index is -0.209. The van der Waals surface area contributed by atoms with Crippen molar-refractivity contribution in [2.24, 2.45) is 0 Å². The number of rotatable bonds is 10. The Kier molecular flexibility index (Phi) is 8.10. The normalized spacial score (nSPS) is 11.9. The summed E-state index contributed by atoms with van der Waals surface area (Å²) < 4.78 is 0. The third kappa shape index (κ3) is 5.04. The van der Waals surface area contributed by atoms with Crippen LogP contribution in [-0.2, 0) is 11.2 Å². The number of hydrogen-bond donors (Lipinski definition) is 0. The third-order valence-corrected chi connectivity index (χ3v) is 6.09. The van der Waals surface area contributed by atoms with Crippen molar-refractivity contribution < 1.29 is 4.79 Å². The molecule has 0 spiro atoms. The largest absolute Gasteiger partial charge is 0.303 e. The summed E-state index contributed by atoms with van der Waals surface area (Å²) in [6, 6.07) is 14.6. The Morgan fingerprint density at radius 3 is 2.47 bits per heavy atom. The topological polar surface area (TPSA) is 42.9 Å². The summed E-state index contributed by atoms with van der Waals surface area (Å²) in [6.07, 6.45) is 7.97. The van der Waals surface area contributed by atoms with Crippen LogP contribution in [0.2, 0.25) is 0 Å². The summed E-state index contributed by atoms with van der Waals surface area (Å²) in [5, 5.41) is 0. The zero-order valence-corrected chi connectivity index (χ0v) is 19.8. The molecule has 0 amide bonds. The van der Waals surface area contributed by atoms with E-state index >= 15 is 0 Å². The van der Waals surface area contributed by atoms with Gasteiger partial charge in [0.25, 0.3) is 0 Å². The van der Waals surface area contributed by atoms with Gasteiger partial charge in [-0.05, 0) is 55.9 Å². The number of nitrogens with zero attached hydrogens (tertiary/aromatic N) is 2. The summed E-state index contributed by atoms with van der Waals surface area (Å²) >= 11 is 0. The minimum Gasteiger partial charge on any atom is -0.303 e. The summed E-state index contributed by atoms with van der Waals surface area (Å²) in [6.45, 7) is 12.4. The average Bonchev–Trinajstić information content (AvgIpc) is 2.81. The van der Waals surface area contributed by atoms with Crippen molar-refractivity contribution in [3.63, 3.8) is 0 Å². The Bertz CT molecular complexity index is 1100. The smallest absolute Gasteiger partial charge is 0.160 e. The van der Waals surface area contributed by atoms with Crippen LogP contribution >= 0.6 is 0 Å². The van der Waals surface area contributed by atoms with Crippen molar-refractivity contribution >= 4 is 12.4 Å². The van der Waals surface area contributed by atoms with E-state index in [0.717, 1.165) is 77.6 Å². The molecule has 0 aliphatic rings. The van der Waals surface area contributed by atoms with Gasteiger partial charge < -0.3 is 4.79 Å². The second-order valence-electron chi connectivity index (χ2n) is 8.46. The summed E-state index contributed by atoms with van der Waals surface area (Å²) in [5.41, 5.74) is 8.34. The molecule has 1 unspecified atom stereocenters. The fourth-order valence-electron chi connectivity index (χ4n) is 4.32. The van der Waals surface area contributed by atoms with Gasteiger partial charge in [-0.2, -0.15) is 0 Å². The lowest BCUT2D eigenvalue weighted by Gasteiger charge is -2.19. The molecule has 1 heterocycles. The molecule has 0 aliphatic heterocycles. The highest BCUT2D eigenvalue weighted by Crippen LogP contribution is 2.35.